The van der Waals surface area contributed by atoms with Crippen LogP contribution in [0.1, 0.15) is 36.5 Å². The van der Waals surface area contributed by atoms with E-state index in [9.17, 15) is 4.79 Å². The number of hydrogen-bond donors (Lipinski definition) is 2. The number of aromatic nitrogens is 1. The fourth-order valence-electron chi connectivity index (χ4n) is 3.44. The van der Waals surface area contributed by atoms with E-state index < -0.39 is 0 Å². The maximum atomic E-state index is 12.1. The van der Waals surface area contributed by atoms with Crippen molar-refractivity contribution in [3.63, 3.8) is 0 Å². The Labute approximate surface area is 204 Å². The number of carbonyl (C=O) groups excluding carboxylic acids is 1. The molecule has 0 radical (unpaired) electrons. The monoisotopic (exact) mass is 534 g/mol. The number of thiophene rings is 1. The van der Waals surface area contributed by atoms with Gasteiger partial charge >= 0.3 is 0 Å². The molecule has 0 spiro atoms. The van der Waals surface area contributed by atoms with Crippen LogP contribution in [-0.4, -0.2) is 16.0 Å². The molecule has 1 saturated heterocycles. The molecule has 1 aliphatic heterocycles. The standard InChI is InChI=1S/C22H20BrClN4OS2/c1-12(2)21(29)26-16-7-6-14(10-15(16)24)28-20(18-9-13(23)11-31-18)19(27-22(28)30)17-5-3-4-8-25-17/h3-12,19-20H,1-2H3,(H,26,29)(H,27,30). The molecule has 1 fully saturated rings. The number of hydrogen-bond acceptors (Lipinski definition) is 4. The highest BCUT2D eigenvalue weighted by Gasteiger charge is 2.41. The molecule has 3 heterocycles. The normalized spacial score (nSPS) is 18.4. The predicted molar refractivity (Wildman–Crippen MR) is 135 cm³/mol. The van der Waals surface area contributed by atoms with Gasteiger partial charge in [0, 0.05) is 32.5 Å². The van der Waals surface area contributed by atoms with Crippen LogP contribution < -0.4 is 15.5 Å². The van der Waals surface area contributed by atoms with Crippen molar-refractivity contribution in [2.75, 3.05) is 10.2 Å². The van der Waals surface area contributed by atoms with Gasteiger partial charge in [-0.2, -0.15) is 0 Å². The summed E-state index contributed by atoms with van der Waals surface area (Å²) in [6, 6.07) is 13.3. The molecule has 4 rings (SSSR count). The minimum atomic E-state index is -0.133. The van der Waals surface area contributed by atoms with Crippen LogP contribution in [0.4, 0.5) is 11.4 Å². The van der Waals surface area contributed by atoms with Crippen LogP contribution in [0.3, 0.4) is 0 Å². The van der Waals surface area contributed by atoms with Crippen molar-refractivity contribution >= 4 is 73.5 Å². The number of amides is 1. The third-order valence-corrected chi connectivity index (χ3v) is 7.38. The second-order valence-electron chi connectivity index (χ2n) is 7.47. The van der Waals surface area contributed by atoms with E-state index in [1.54, 1.807) is 17.5 Å². The molecule has 9 heteroatoms. The average Bonchev–Trinajstić information content (AvgIpc) is 3.32. The van der Waals surface area contributed by atoms with Gasteiger partial charge in [0.1, 0.15) is 0 Å². The predicted octanol–water partition coefficient (Wildman–Crippen LogP) is 6.33. The van der Waals surface area contributed by atoms with Crippen LogP contribution in [0.5, 0.6) is 0 Å². The van der Waals surface area contributed by atoms with Crippen LogP contribution in [0, 0.1) is 5.92 Å². The van der Waals surface area contributed by atoms with Crippen LogP contribution in [0.25, 0.3) is 0 Å². The Morgan fingerprint density at radius 3 is 2.74 bits per heavy atom. The third kappa shape index (κ3) is 4.62. The maximum Gasteiger partial charge on any atom is 0.226 e. The Bertz CT molecular complexity index is 1120. The summed E-state index contributed by atoms with van der Waals surface area (Å²) < 4.78 is 1.02. The van der Waals surface area contributed by atoms with Crippen molar-refractivity contribution in [2.45, 2.75) is 25.9 Å². The zero-order chi connectivity index (χ0) is 22.1. The molecule has 0 saturated carbocycles. The molecule has 2 N–H and O–H groups in total. The number of benzene rings is 1. The zero-order valence-corrected chi connectivity index (χ0v) is 20.8. The molecule has 31 heavy (non-hydrogen) atoms. The highest BCUT2D eigenvalue weighted by molar-refractivity contribution is 9.10. The second-order valence-corrected chi connectivity index (χ2v) is 10.1. The molecule has 160 valence electrons. The van der Waals surface area contributed by atoms with Gasteiger partial charge in [-0.15, -0.1) is 11.3 Å². The molecule has 1 aliphatic rings. The summed E-state index contributed by atoms with van der Waals surface area (Å²) in [6.45, 7) is 3.68. The van der Waals surface area contributed by atoms with E-state index in [2.05, 4.69) is 47.9 Å². The molecular formula is C22H20BrClN4OS2. The van der Waals surface area contributed by atoms with E-state index in [1.165, 1.54) is 0 Å². The smallest absolute Gasteiger partial charge is 0.226 e. The van der Waals surface area contributed by atoms with E-state index in [0.717, 1.165) is 20.7 Å². The first kappa shape index (κ1) is 22.2. The molecule has 2 aromatic heterocycles. The highest BCUT2D eigenvalue weighted by atomic mass is 79.9. The van der Waals surface area contributed by atoms with Crippen molar-refractivity contribution in [2.24, 2.45) is 5.92 Å². The number of thiocarbonyl (C=S) groups is 1. The molecule has 1 amide bonds. The lowest BCUT2D eigenvalue weighted by atomic mass is 10.0. The van der Waals surface area contributed by atoms with Crippen LogP contribution in [0.15, 0.2) is 58.5 Å². The highest BCUT2D eigenvalue weighted by Crippen LogP contribution is 2.45. The lowest BCUT2D eigenvalue weighted by Gasteiger charge is -2.27. The molecule has 0 aliphatic carbocycles. The number of anilines is 2. The maximum absolute atomic E-state index is 12.1. The number of rotatable bonds is 5. The number of nitrogens with zero attached hydrogens (tertiary/aromatic N) is 2. The summed E-state index contributed by atoms with van der Waals surface area (Å²) >= 11 is 17.5. The van der Waals surface area contributed by atoms with Gasteiger partial charge < -0.3 is 15.5 Å². The van der Waals surface area contributed by atoms with Crippen LogP contribution in [0.2, 0.25) is 5.02 Å². The molecule has 0 bridgehead atoms. The summed E-state index contributed by atoms with van der Waals surface area (Å²) in [5, 5.41) is 9.41. The Balaban J connectivity index is 1.73. The zero-order valence-electron chi connectivity index (χ0n) is 16.8. The van der Waals surface area contributed by atoms with Gasteiger partial charge in [-0.1, -0.05) is 31.5 Å². The van der Waals surface area contributed by atoms with Crippen molar-refractivity contribution < 1.29 is 4.79 Å². The number of carbonyl (C=O) groups is 1. The summed E-state index contributed by atoms with van der Waals surface area (Å²) in [6.07, 6.45) is 1.78. The van der Waals surface area contributed by atoms with E-state index in [4.69, 9.17) is 23.8 Å². The first-order valence-electron chi connectivity index (χ1n) is 9.70. The molecular weight excluding hydrogens is 516 g/mol. The van der Waals surface area contributed by atoms with Gasteiger partial charge in [-0.3, -0.25) is 9.78 Å². The first-order chi connectivity index (χ1) is 14.8. The second kappa shape index (κ2) is 9.24. The third-order valence-electron chi connectivity index (χ3n) is 4.99. The van der Waals surface area contributed by atoms with Gasteiger partial charge in [0.05, 0.1) is 28.5 Å². The van der Waals surface area contributed by atoms with Gasteiger partial charge in [-0.25, -0.2) is 0 Å². The van der Waals surface area contributed by atoms with Gasteiger partial charge in [0.25, 0.3) is 0 Å². The van der Waals surface area contributed by atoms with Crippen molar-refractivity contribution in [1.82, 2.24) is 10.3 Å². The van der Waals surface area contributed by atoms with Crippen LogP contribution in [-0.2, 0) is 4.79 Å². The molecule has 2 unspecified atom stereocenters. The Hall–Kier alpha value is -2.00. The van der Waals surface area contributed by atoms with E-state index >= 15 is 0 Å². The summed E-state index contributed by atoms with van der Waals surface area (Å²) in [7, 11) is 0. The quantitative estimate of drug-likeness (QED) is 0.374. The van der Waals surface area contributed by atoms with Gasteiger partial charge in [-0.05, 0) is 64.5 Å². The average molecular weight is 536 g/mol. The largest absolute Gasteiger partial charge is 0.351 e. The number of nitrogens with one attached hydrogen (secondary N) is 2. The van der Waals surface area contributed by atoms with E-state index in [1.807, 2.05) is 50.2 Å². The SMILES string of the molecule is CC(C)C(=O)Nc1ccc(N2C(=S)NC(c3ccccn3)C2c2cc(Br)cs2)cc1Cl. The summed E-state index contributed by atoms with van der Waals surface area (Å²) in [5.41, 5.74) is 2.34. The van der Waals surface area contributed by atoms with Crippen LogP contribution >= 0.6 is 51.1 Å². The van der Waals surface area contributed by atoms with Crippen molar-refractivity contribution in [3.05, 3.63) is 74.1 Å². The van der Waals surface area contributed by atoms with Crippen molar-refractivity contribution in [1.29, 1.82) is 0 Å². The van der Waals surface area contributed by atoms with E-state index in [0.29, 0.717) is 15.8 Å². The first-order valence-corrected chi connectivity index (χ1v) is 12.2. The minimum absolute atomic E-state index is 0.0791. The number of pyridine rings is 1. The molecule has 2 atom stereocenters. The summed E-state index contributed by atoms with van der Waals surface area (Å²) in [4.78, 5) is 19.8. The lowest BCUT2D eigenvalue weighted by molar-refractivity contribution is -0.118. The Kier molecular flexibility index (Phi) is 6.62. The fraction of sp³-hybridized carbons (Fsp3) is 0.227. The van der Waals surface area contributed by atoms with Gasteiger partial charge in [0.2, 0.25) is 5.91 Å². The fourth-order valence-corrected chi connectivity index (χ4v) is 5.58. The number of halogens is 2. The molecule has 5 nitrogen and oxygen atoms in total. The molecule has 3 aromatic rings. The minimum Gasteiger partial charge on any atom is -0.351 e. The van der Waals surface area contributed by atoms with E-state index in [-0.39, 0.29) is 23.9 Å². The summed E-state index contributed by atoms with van der Waals surface area (Å²) in [5.74, 6) is -0.212. The lowest BCUT2D eigenvalue weighted by Crippen LogP contribution is -2.29. The van der Waals surface area contributed by atoms with Crippen molar-refractivity contribution in [3.8, 4) is 0 Å². The Morgan fingerprint density at radius 1 is 1.32 bits per heavy atom. The van der Waals surface area contributed by atoms with Gasteiger partial charge in [0.15, 0.2) is 5.11 Å². The Morgan fingerprint density at radius 2 is 2.13 bits per heavy atom. The topological polar surface area (TPSA) is 57.3 Å². The molecule has 1 aromatic carbocycles.